The fourth-order valence-corrected chi connectivity index (χ4v) is 3.99. The second-order valence-electron chi connectivity index (χ2n) is 5.03. The molecule has 0 saturated heterocycles. The van der Waals surface area contributed by atoms with Crippen molar-refractivity contribution in [2.45, 2.75) is 13.8 Å². The Hall–Kier alpha value is -1.86. The first-order chi connectivity index (χ1) is 9.22. The molecule has 0 nitrogen and oxygen atoms in total. The third kappa shape index (κ3) is 2.61. The van der Waals surface area contributed by atoms with E-state index in [0.717, 1.165) is 9.52 Å². The second kappa shape index (κ2) is 5.02. The first kappa shape index (κ1) is 12.2. The molecule has 0 fully saturated rings. The molecule has 0 atom stereocenters. The van der Waals surface area contributed by atoms with E-state index >= 15 is 0 Å². The van der Waals surface area contributed by atoms with E-state index in [4.69, 9.17) is 0 Å². The summed E-state index contributed by atoms with van der Waals surface area (Å²) in [5.41, 5.74) is 2.70. The first-order valence-corrected chi connectivity index (χ1v) is 7.55. The Kier molecular flexibility index (Phi) is 3.22. The summed E-state index contributed by atoms with van der Waals surface area (Å²) >= 11 is 0. The molecule has 0 unspecified atom stereocenters. The van der Waals surface area contributed by atoms with Crippen LogP contribution in [0.3, 0.4) is 0 Å². The summed E-state index contributed by atoms with van der Waals surface area (Å²) in [5, 5.41) is 5.57. The van der Waals surface area contributed by atoms with Gasteiger partial charge in [-0.15, -0.1) is 0 Å². The largest absolute Gasteiger partial charge is 0.122 e. The summed E-state index contributed by atoms with van der Waals surface area (Å²) in [4.78, 5) is 0. The highest BCUT2D eigenvalue weighted by Gasteiger charge is 2.04. The Balaban J connectivity index is 2.05. The minimum Gasteiger partial charge on any atom is -0.0625 e. The van der Waals surface area contributed by atoms with Gasteiger partial charge in [0.25, 0.3) is 0 Å². The molecule has 0 aliphatic carbocycles. The molecule has 1 heteroatoms. The van der Waals surface area contributed by atoms with Gasteiger partial charge in [0.05, 0.1) is 0 Å². The van der Waals surface area contributed by atoms with Crippen molar-refractivity contribution in [2.24, 2.45) is 0 Å². The quantitative estimate of drug-likeness (QED) is 0.621. The van der Waals surface area contributed by atoms with Crippen molar-refractivity contribution in [1.29, 1.82) is 0 Å². The van der Waals surface area contributed by atoms with Gasteiger partial charge in [-0.05, 0) is 24.6 Å². The number of hydrogen-bond donors (Lipinski definition) is 0. The fraction of sp³-hybridized carbons (Fsp3) is 0.111. The predicted molar refractivity (Wildman–Crippen MR) is 84.9 cm³/mol. The van der Waals surface area contributed by atoms with Gasteiger partial charge in [0.15, 0.2) is 0 Å². The van der Waals surface area contributed by atoms with Crippen LogP contribution in [-0.4, -0.2) is 9.52 Å². The maximum Gasteiger partial charge on any atom is 0.122 e. The summed E-state index contributed by atoms with van der Waals surface area (Å²) in [5.74, 6) is 0. The molecule has 0 aromatic heterocycles. The zero-order valence-electron chi connectivity index (χ0n) is 11.3. The third-order valence-corrected chi connectivity index (χ3v) is 4.57. The Bertz CT molecular complexity index is 703. The standard InChI is InChI=1S/C18H16Si/c1-13-10-14(2)12-16(11-13)19-18-9-5-7-15-6-3-4-8-17(15)18/h3-12H,1-2H3. The van der Waals surface area contributed by atoms with Crippen LogP contribution in [0.4, 0.5) is 0 Å². The van der Waals surface area contributed by atoms with E-state index in [2.05, 4.69) is 74.5 Å². The highest BCUT2D eigenvalue weighted by Crippen LogP contribution is 2.10. The van der Waals surface area contributed by atoms with Crippen molar-refractivity contribution in [3.8, 4) is 0 Å². The Morgan fingerprint density at radius 3 is 2.21 bits per heavy atom. The van der Waals surface area contributed by atoms with E-state index in [-0.39, 0.29) is 0 Å². The SMILES string of the molecule is Cc1cc(C)cc([Si]c2cccc3ccccc23)c1. The number of rotatable bonds is 2. The van der Waals surface area contributed by atoms with Gasteiger partial charge in [-0.2, -0.15) is 0 Å². The molecule has 0 aliphatic rings. The van der Waals surface area contributed by atoms with Crippen LogP contribution >= 0.6 is 0 Å². The van der Waals surface area contributed by atoms with Crippen LogP contribution < -0.4 is 10.4 Å². The topological polar surface area (TPSA) is 0 Å². The highest BCUT2D eigenvalue weighted by atomic mass is 28.2. The summed E-state index contributed by atoms with van der Waals surface area (Å²) < 4.78 is 0. The molecule has 0 N–H and O–H groups in total. The molecule has 0 bridgehead atoms. The first-order valence-electron chi connectivity index (χ1n) is 6.55. The average molecular weight is 260 g/mol. The summed E-state index contributed by atoms with van der Waals surface area (Å²) in [7, 11) is 0.723. The van der Waals surface area contributed by atoms with Crippen molar-refractivity contribution in [1.82, 2.24) is 0 Å². The maximum atomic E-state index is 2.30. The lowest BCUT2D eigenvalue weighted by molar-refractivity contribution is 1.40. The molecule has 0 spiro atoms. The van der Waals surface area contributed by atoms with E-state index in [9.17, 15) is 0 Å². The second-order valence-corrected chi connectivity index (χ2v) is 6.39. The number of fused-ring (bicyclic) bond motifs is 1. The number of benzene rings is 3. The molecule has 0 aliphatic heterocycles. The minimum atomic E-state index is 0.723. The summed E-state index contributed by atoms with van der Waals surface area (Å²) in [6, 6.07) is 22.1. The van der Waals surface area contributed by atoms with E-state index in [1.54, 1.807) is 0 Å². The normalized spacial score (nSPS) is 10.8. The number of hydrogen-bond acceptors (Lipinski definition) is 0. The fourth-order valence-electron chi connectivity index (χ4n) is 2.54. The maximum absolute atomic E-state index is 2.30. The molecule has 92 valence electrons. The molecule has 0 heterocycles. The molecule has 19 heavy (non-hydrogen) atoms. The van der Waals surface area contributed by atoms with Crippen LogP contribution in [0.5, 0.6) is 0 Å². The van der Waals surface area contributed by atoms with Gasteiger partial charge in [0.2, 0.25) is 0 Å². The lowest BCUT2D eigenvalue weighted by Crippen LogP contribution is -2.28. The van der Waals surface area contributed by atoms with Crippen LogP contribution in [0.1, 0.15) is 11.1 Å². The minimum absolute atomic E-state index is 0.723. The Morgan fingerprint density at radius 1 is 0.737 bits per heavy atom. The highest BCUT2D eigenvalue weighted by molar-refractivity contribution is 6.69. The molecule has 3 aromatic carbocycles. The van der Waals surface area contributed by atoms with Gasteiger partial charge in [-0.25, -0.2) is 0 Å². The third-order valence-electron chi connectivity index (χ3n) is 3.29. The van der Waals surface area contributed by atoms with Gasteiger partial charge >= 0.3 is 0 Å². The van der Waals surface area contributed by atoms with Gasteiger partial charge < -0.3 is 0 Å². The predicted octanol–water partition coefficient (Wildman–Crippen LogP) is 3.11. The average Bonchev–Trinajstić information content (AvgIpc) is 2.38. The molecule has 0 amide bonds. The van der Waals surface area contributed by atoms with Crippen LogP contribution in [0.25, 0.3) is 10.8 Å². The number of aryl methyl sites for hydroxylation is 2. The van der Waals surface area contributed by atoms with Gasteiger partial charge in [0.1, 0.15) is 9.52 Å². The molecular formula is C18H16Si. The Morgan fingerprint density at radius 2 is 1.42 bits per heavy atom. The summed E-state index contributed by atoms with van der Waals surface area (Å²) in [6.07, 6.45) is 0. The zero-order valence-corrected chi connectivity index (χ0v) is 12.3. The van der Waals surface area contributed by atoms with Gasteiger partial charge in [-0.1, -0.05) is 82.2 Å². The van der Waals surface area contributed by atoms with Crippen LogP contribution in [-0.2, 0) is 0 Å². The van der Waals surface area contributed by atoms with E-state index < -0.39 is 0 Å². The lowest BCUT2D eigenvalue weighted by Gasteiger charge is -2.07. The van der Waals surface area contributed by atoms with Gasteiger partial charge in [0, 0.05) is 0 Å². The van der Waals surface area contributed by atoms with Crippen molar-refractivity contribution < 1.29 is 0 Å². The van der Waals surface area contributed by atoms with Crippen molar-refractivity contribution in [3.05, 3.63) is 71.8 Å². The monoisotopic (exact) mass is 260 g/mol. The molecule has 2 radical (unpaired) electrons. The van der Waals surface area contributed by atoms with Crippen molar-refractivity contribution in [2.75, 3.05) is 0 Å². The lowest BCUT2D eigenvalue weighted by atomic mass is 10.1. The van der Waals surface area contributed by atoms with E-state index in [1.807, 2.05) is 0 Å². The van der Waals surface area contributed by atoms with Crippen molar-refractivity contribution >= 4 is 30.7 Å². The van der Waals surface area contributed by atoms with Crippen LogP contribution in [0, 0.1) is 13.8 Å². The van der Waals surface area contributed by atoms with E-state index in [1.165, 1.54) is 32.3 Å². The summed E-state index contributed by atoms with van der Waals surface area (Å²) in [6.45, 7) is 4.34. The van der Waals surface area contributed by atoms with Crippen LogP contribution in [0.2, 0.25) is 0 Å². The van der Waals surface area contributed by atoms with Gasteiger partial charge in [-0.3, -0.25) is 0 Å². The molecule has 3 aromatic rings. The Labute approximate surface area is 116 Å². The molecule has 3 rings (SSSR count). The smallest absolute Gasteiger partial charge is 0.0625 e. The molecular weight excluding hydrogens is 244 g/mol. The van der Waals surface area contributed by atoms with E-state index in [0.29, 0.717) is 0 Å². The zero-order chi connectivity index (χ0) is 13.2. The van der Waals surface area contributed by atoms with Crippen molar-refractivity contribution in [3.63, 3.8) is 0 Å². The molecule has 0 saturated carbocycles. The van der Waals surface area contributed by atoms with Crippen LogP contribution in [0.15, 0.2) is 60.7 Å².